The van der Waals surface area contributed by atoms with Crippen LogP contribution in [0, 0.1) is 0 Å². The highest BCUT2D eigenvalue weighted by Gasteiger charge is 2.19. The molecule has 0 saturated carbocycles. The van der Waals surface area contributed by atoms with Crippen LogP contribution < -0.4 is 19.5 Å². The zero-order chi connectivity index (χ0) is 19.8. The van der Waals surface area contributed by atoms with Crippen LogP contribution in [0.15, 0.2) is 41.3 Å². The smallest absolute Gasteiger partial charge is 0.340 e. The molecule has 0 unspecified atom stereocenters. The molecule has 0 radical (unpaired) electrons. The molecule has 0 aromatic heterocycles. The number of esters is 1. The van der Waals surface area contributed by atoms with Gasteiger partial charge in [0, 0.05) is 17.0 Å². The van der Waals surface area contributed by atoms with Crippen molar-refractivity contribution in [1.29, 1.82) is 0 Å². The molecule has 0 spiro atoms. The van der Waals surface area contributed by atoms with E-state index in [0.717, 1.165) is 10.6 Å². The second-order valence-corrected chi connectivity index (χ2v) is 6.31. The number of nitrogens with one attached hydrogen (secondary N) is 1. The monoisotopic (exact) mass is 391 g/mol. The maximum absolute atomic E-state index is 12.3. The number of carbonyl (C=O) groups excluding carboxylic acids is 2. The van der Waals surface area contributed by atoms with Gasteiger partial charge in [-0.25, -0.2) is 4.79 Å². The van der Waals surface area contributed by atoms with Crippen LogP contribution >= 0.6 is 11.8 Å². The molecule has 1 N–H and O–H groups in total. The molecule has 0 aliphatic rings. The molecule has 0 saturated heterocycles. The number of hydrogen-bond donors (Lipinski definition) is 1. The van der Waals surface area contributed by atoms with Crippen LogP contribution in [0.2, 0.25) is 0 Å². The second-order valence-electron chi connectivity index (χ2n) is 5.26. The summed E-state index contributed by atoms with van der Waals surface area (Å²) in [6, 6.07) is 10.4. The molecular formula is C19H21NO6S. The summed E-state index contributed by atoms with van der Waals surface area (Å²) >= 11 is 1.36. The lowest BCUT2D eigenvalue weighted by Crippen LogP contribution is -2.17. The Morgan fingerprint density at radius 3 is 2.11 bits per heavy atom. The first-order valence-corrected chi connectivity index (χ1v) is 8.92. The maximum Gasteiger partial charge on any atom is 0.340 e. The van der Waals surface area contributed by atoms with Gasteiger partial charge in [0.05, 0.1) is 45.4 Å². The van der Waals surface area contributed by atoms with E-state index in [1.165, 1.54) is 45.2 Å². The molecule has 0 bridgehead atoms. The Morgan fingerprint density at radius 1 is 0.926 bits per heavy atom. The molecule has 7 nitrogen and oxygen atoms in total. The second kappa shape index (κ2) is 9.72. The minimum Gasteiger partial charge on any atom is -0.497 e. The van der Waals surface area contributed by atoms with Gasteiger partial charge in [-0.2, -0.15) is 0 Å². The highest BCUT2D eigenvalue weighted by Crippen LogP contribution is 2.34. The summed E-state index contributed by atoms with van der Waals surface area (Å²) in [7, 11) is 5.80. The van der Waals surface area contributed by atoms with Crippen LogP contribution in [-0.2, 0) is 9.53 Å². The van der Waals surface area contributed by atoms with Gasteiger partial charge in [0.15, 0.2) is 11.5 Å². The van der Waals surface area contributed by atoms with Crippen molar-refractivity contribution >= 4 is 29.3 Å². The summed E-state index contributed by atoms with van der Waals surface area (Å²) in [6.07, 6.45) is 0. The van der Waals surface area contributed by atoms with E-state index in [1.54, 1.807) is 7.11 Å². The van der Waals surface area contributed by atoms with Gasteiger partial charge in [-0.05, 0) is 24.3 Å². The van der Waals surface area contributed by atoms with Gasteiger partial charge >= 0.3 is 5.97 Å². The first kappa shape index (κ1) is 20.4. The first-order valence-electron chi connectivity index (χ1n) is 7.93. The van der Waals surface area contributed by atoms with Crippen LogP contribution in [0.4, 0.5) is 5.69 Å². The molecule has 1 amide bonds. The van der Waals surface area contributed by atoms with Crippen LogP contribution in [0.1, 0.15) is 10.4 Å². The van der Waals surface area contributed by atoms with E-state index in [0.29, 0.717) is 17.2 Å². The Labute approximate surface area is 161 Å². The fourth-order valence-electron chi connectivity index (χ4n) is 2.27. The number of hydrogen-bond acceptors (Lipinski definition) is 7. The average Bonchev–Trinajstić information content (AvgIpc) is 2.71. The summed E-state index contributed by atoms with van der Waals surface area (Å²) in [5.41, 5.74) is 0.470. The molecule has 2 rings (SSSR count). The molecule has 2 aromatic carbocycles. The van der Waals surface area contributed by atoms with E-state index in [-0.39, 0.29) is 17.2 Å². The minimum atomic E-state index is -0.589. The molecule has 144 valence electrons. The number of thioether (sulfide) groups is 1. The standard InChI is InChI=1S/C19H21NO6S/c1-23-12-5-7-13(8-6-12)27-11-18(21)20-15-10-17(25-3)16(24-2)9-14(15)19(22)26-4/h5-10H,11H2,1-4H3,(H,20,21). The van der Waals surface area contributed by atoms with E-state index in [9.17, 15) is 9.59 Å². The lowest BCUT2D eigenvalue weighted by Gasteiger charge is -2.14. The Bertz CT molecular complexity index is 807. The third kappa shape index (κ3) is 5.30. The third-order valence-electron chi connectivity index (χ3n) is 3.63. The number of anilines is 1. The summed E-state index contributed by atoms with van der Waals surface area (Å²) < 4.78 is 20.3. The summed E-state index contributed by atoms with van der Waals surface area (Å²) in [5, 5.41) is 2.72. The topological polar surface area (TPSA) is 83.1 Å². The number of rotatable bonds is 8. The van der Waals surface area contributed by atoms with Crippen molar-refractivity contribution in [2.24, 2.45) is 0 Å². The highest BCUT2D eigenvalue weighted by molar-refractivity contribution is 8.00. The first-order chi connectivity index (χ1) is 13.0. The molecule has 2 aromatic rings. The molecule has 0 heterocycles. The lowest BCUT2D eigenvalue weighted by atomic mass is 10.1. The zero-order valence-electron chi connectivity index (χ0n) is 15.5. The quantitative estimate of drug-likeness (QED) is 0.546. The molecule has 0 aliphatic heterocycles. The maximum atomic E-state index is 12.3. The fraction of sp³-hybridized carbons (Fsp3) is 0.263. The van der Waals surface area contributed by atoms with E-state index < -0.39 is 5.97 Å². The lowest BCUT2D eigenvalue weighted by molar-refractivity contribution is -0.113. The normalized spacial score (nSPS) is 10.1. The van der Waals surface area contributed by atoms with Crippen molar-refractivity contribution in [1.82, 2.24) is 0 Å². The van der Waals surface area contributed by atoms with Gasteiger partial charge < -0.3 is 24.3 Å². The van der Waals surface area contributed by atoms with Gasteiger partial charge in [-0.15, -0.1) is 11.8 Å². The summed E-state index contributed by atoms with van der Waals surface area (Å²) in [4.78, 5) is 25.3. The van der Waals surface area contributed by atoms with Crippen molar-refractivity contribution in [3.63, 3.8) is 0 Å². The predicted octanol–water partition coefficient (Wildman–Crippen LogP) is 3.23. The van der Waals surface area contributed by atoms with Gasteiger partial charge in [0.2, 0.25) is 5.91 Å². The van der Waals surface area contributed by atoms with Crippen molar-refractivity contribution in [3.05, 3.63) is 42.0 Å². The number of carbonyl (C=O) groups is 2. The molecule has 8 heteroatoms. The SMILES string of the molecule is COC(=O)c1cc(OC)c(OC)cc1NC(=O)CSc1ccc(OC)cc1. The van der Waals surface area contributed by atoms with Crippen molar-refractivity contribution < 1.29 is 28.5 Å². The molecular weight excluding hydrogens is 370 g/mol. The van der Waals surface area contributed by atoms with Crippen molar-refractivity contribution in [2.45, 2.75) is 4.90 Å². The number of methoxy groups -OCH3 is 4. The molecule has 0 atom stereocenters. The van der Waals surface area contributed by atoms with Gasteiger partial charge in [-0.3, -0.25) is 4.79 Å². The third-order valence-corrected chi connectivity index (χ3v) is 4.64. The zero-order valence-corrected chi connectivity index (χ0v) is 16.3. The Balaban J connectivity index is 2.13. The number of benzene rings is 2. The number of amides is 1. The Hall–Kier alpha value is -2.87. The Kier molecular flexibility index (Phi) is 7.36. The van der Waals surface area contributed by atoms with Crippen molar-refractivity contribution in [3.8, 4) is 17.2 Å². The molecule has 0 fully saturated rings. The summed E-state index contributed by atoms with van der Waals surface area (Å²) in [5.74, 6) is 0.812. The molecule has 0 aliphatic carbocycles. The minimum absolute atomic E-state index is 0.168. The van der Waals surface area contributed by atoms with Crippen LogP contribution in [0.25, 0.3) is 0 Å². The van der Waals surface area contributed by atoms with Gasteiger partial charge in [0.25, 0.3) is 0 Å². The van der Waals surface area contributed by atoms with E-state index in [2.05, 4.69) is 5.32 Å². The Morgan fingerprint density at radius 2 is 1.56 bits per heavy atom. The van der Waals surface area contributed by atoms with Crippen LogP contribution in [0.3, 0.4) is 0 Å². The number of ether oxygens (including phenoxy) is 4. The van der Waals surface area contributed by atoms with Crippen molar-refractivity contribution in [2.75, 3.05) is 39.5 Å². The van der Waals surface area contributed by atoms with E-state index in [4.69, 9.17) is 18.9 Å². The molecule has 27 heavy (non-hydrogen) atoms. The summed E-state index contributed by atoms with van der Waals surface area (Å²) in [6.45, 7) is 0. The average molecular weight is 391 g/mol. The van der Waals surface area contributed by atoms with Crippen LogP contribution in [0.5, 0.6) is 17.2 Å². The predicted molar refractivity (Wildman–Crippen MR) is 103 cm³/mol. The largest absolute Gasteiger partial charge is 0.497 e. The van der Waals surface area contributed by atoms with Gasteiger partial charge in [0.1, 0.15) is 5.75 Å². The highest BCUT2D eigenvalue weighted by atomic mass is 32.2. The van der Waals surface area contributed by atoms with Gasteiger partial charge in [-0.1, -0.05) is 0 Å². The van der Waals surface area contributed by atoms with E-state index in [1.807, 2.05) is 24.3 Å². The fourth-order valence-corrected chi connectivity index (χ4v) is 2.97. The van der Waals surface area contributed by atoms with E-state index >= 15 is 0 Å². The van der Waals surface area contributed by atoms with Crippen LogP contribution in [-0.4, -0.2) is 46.1 Å².